The molecule has 59 heavy (non-hydrogen) atoms. The summed E-state index contributed by atoms with van der Waals surface area (Å²) in [5.74, 6) is -0.903. The van der Waals surface area contributed by atoms with Crippen LogP contribution in [0.5, 0.6) is 0 Å². The third kappa shape index (κ3) is 46.0. The molecule has 0 amide bonds. The van der Waals surface area contributed by atoms with Crippen LogP contribution in [0.2, 0.25) is 0 Å². The van der Waals surface area contributed by atoms with Crippen molar-refractivity contribution in [2.45, 2.75) is 245 Å². The second kappa shape index (κ2) is 47.8. The number of hydrogen-bond donors (Lipinski definition) is 0. The van der Waals surface area contributed by atoms with Gasteiger partial charge < -0.3 is 14.2 Å². The Kier molecular flexibility index (Phi) is 45.4. The van der Waals surface area contributed by atoms with Crippen molar-refractivity contribution in [2.24, 2.45) is 0 Å². The zero-order valence-electron chi connectivity index (χ0n) is 38.8. The fraction of sp³-hybridized carbons (Fsp3) is 0.755. The zero-order valence-corrected chi connectivity index (χ0v) is 38.8. The first kappa shape index (κ1) is 56.1. The van der Waals surface area contributed by atoms with Gasteiger partial charge in [0.25, 0.3) is 0 Å². The topological polar surface area (TPSA) is 78.9 Å². The number of allylic oxidation sites excluding steroid dienone is 10. The van der Waals surface area contributed by atoms with E-state index >= 15 is 0 Å². The molecule has 340 valence electrons. The Morgan fingerprint density at radius 2 is 0.678 bits per heavy atom. The van der Waals surface area contributed by atoms with Crippen LogP contribution in [0.15, 0.2) is 60.8 Å². The lowest BCUT2D eigenvalue weighted by Crippen LogP contribution is -2.30. The Labute approximate surface area is 364 Å². The number of hydrogen-bond acceptors (Lipinski definition) is 6. The van der Waals surface area contributed by atoms with Crippen LogP contribution < -0.4 is 0 Å². The highest BCUT2D eigenvalue weighted by Crippen LogP contribution is 2.15. The van der Waals surface area contributed by atoms with Crippen molar-refractivity contribution in [1.29, 1.82) is 0 Å². The van der Waals surface area contributed by atoms with E-state index in [2.05, 4.69) is 81.5 Å². The highest BCUT2D eigenvalue weighted by Gasteiger charge is 2.19. The molecule has 0 saturated heterocycles. The molecule has 0 aliphatic heterocycles. The predicted octanol–water partition coefficient (Wildman–Crippen LogP) is 16.1. The Hall–Kier alpha value is -2.89. The van der Waals surface area contributed by atoms with Gasteiger partial charge in [0.05, 0.1) is 0 Å². The van der Waals surface area contributed by atoms with Gasteiger partial charge in [-0.2, -0.15) is 0 Å². The number of esters is 3. The Morgan fingerprint density at radius 1 is 0.356 bits per heavy atom. The molecule has 0 aliphatic rings. The van der Waals surface area contributed by atoms with Crippen molar-refractivity contribution < 1.29 is 28.6 Å². The summed E-state index contributed by atoms with van der Waals surface area (Å²) >= 11 is 0. The lowest BCUT2D eigenvalue weighted by Gasteiger charge is -2.18. The standard InChI is InChI=1S/C53H92O6/c1-4-7-10-13-15-17-19-20-21-22-23-24-25-26-27-28-29-30-31-32-34-35-37-40-43-46-52(55)58-49-50(48-57-51(54)45-42-39-12-9-6-3)59-53(56)47-44-41-38-36-33-18-16-14-11-8-5-2/h7,10,14-17,20-21,23-24,50H,4-6,8-9,11-13,18-19,22,25-49H2,1-3H3/b10-7-,16-14-,17-15-,21-20-,24-23-. The second-order valence-corrected chi connectivity index (χ2v) is 16.3. The van der Waals surface area contributed by atoms with Gasteiger partial charge in [0.2, 0.25) is 0 Å². The average Bonchev–Trinajstić information content (AvgIpc) is 3.23. The van der Waals surface area contributed by atoms with E-state index < -0.39 is 6.10 Å². The smallest absolute Gasteiger partial charge is 0.306 e. The summed E-state index contributed by atoms with van der Waals surface area (Å²) in [5.41, 5.74) is 0. The predicted molar refractivity (Wildman–Crippen MR) is 251 cm³/mol. The first-order valence-corrected chi connectivity index (χ1v) is 24.8. The second-order valence-electron chi connectivity index (χ2n) is 16.3. The van der Waals surface area contributed by atoms with E-state index in [1.165, 1.54) is 96.3 Å². The van der Waals surface area contributed by atoms with Gasteiger partial charge in [0.15, 0.2) is 6.10 Å². The maximum atomic E-state index is 12.7. The molecule has 0 spiro atoms. The quantitative estimate of drug-likeness (QED) is 0.0263. The van der Waals surface area contributed by atoms with Crippen molar-refractivity contribution in [3.63, 3.8) is 0 Å². The SMILES string of the molecule is CC/C=C\C/C=C\C/C=C\C/C=C\CCCCCCCCCCCCCCC(=O)OCC(COC(=O)CCCCCCC)OC(=O)CCCCCCC/C=C\CCCC. The molecule has 0 aromatic rings. The lowest BCUT2D eigenvalue weighted by molar-refractivity contribution is -0.167. The molecule has 0 aromatic carbocycles. The summed E-state index contributed by atoms with van der Waals surface area (Å²) in [5, 5.41) is 0. The van der Waals surface area contributed by atoms with E-state index in [1.54, 1.807) is 0 Å². The van der Waals surface area contributed by atoms with Gasteiger partial charge in [-0.1, -0.05) is 204 Å². The molecular formula is C53H92O6. The normalized spacial score (nSPS) is 12.5. The van der Waals surface area contributed by atoms with Crippen LogP contribution in [-0.4, -0.2) is 37.2 Å². The summed E-state index contributed by atoms with van der Waals surface area (Å²) in [4.78, 5) is 37.5. The van der Waals surface area contributed by atoms with Gasteiger partial charge in [0, 0.05) is 19.3 Å². The molecule has 0 radical (unpaired) electrons. The van der Waals surface area contributed by atoms with Crippen LogP contribution in [0.1, 0.15) is 239 Å². The molecule has 0 N–H and O–H groups in total. The van der Waals surface area contributed by atoms with Crippen LogP contribution >= 0.6 is 0 Å². The minimum Gasteiger partial charge on any atom is -0.462 e. The van der Waals surface area contributed by atoms with E-state index in [9.17, 15) is 14.4 Å². The number of unbranched alkanes of at least 4 members (excludes halogenated alkanes) is 23. The number of carbonyl (C=O) groups excluding carboxylic acids is 3. The monoisotopic (exact) mass is 825 g/mol. The summed E-state index contributed by atoms with van der Waals surface area (Å²) in [6.45, 7) is 6.39. The van der Waals surface area contributed by atoms with Crippen LogP contribution in [0.25, 0.3) is 0 Å². The molecule has 0 aliphatic carbocycles. The molecule has 6 nitrogen and oxygen atoms in total. The first-order chi connectivity index (χ1) is 29.0. The lowest BCUT2D eigenvalue weighted by atomic mass is 10.0. The minimum absolute atomic E-state index is 0.0780. The largest absolute Gasteiger partial charge is 0.462 e. The van der Waals surface area contributed by atoms with Crippen molar-refractivity contribution in [3.05, 3.63) is 60.8 Å². The van der Waals surface area contributed by atoms with Gasteiger partial charge in [-0.15, -0.1) is 0 Å². The molecule has 0 rings (SSSR count). The Morgan fingerprint density at radius 3 is 1.10 bits per heavy atom. The van der Waals surface area contributed by atoms with Gasteiger partial charge in [-0.25, -0.2) is 0 Å². The van der Waals surface area contributed by atoms with Crippen molar-refractivity contribution in [3.8, 4) is 0 Å². The maximum Gasteiger partial charge on any atom is 0.306 e. The van der Waals surface area contributed by atoms with Crippen LogP contribution in [0, 0.1) is 0 Å². The highest BCUT2D eigenvalue weighted by atomic mass is 16.6. The molecule has 0 heterocycles. The third-order valence-electron chi connectivity index (χ3n) is 10.5. The van der Waals surface area contributed by atoms with E-state index in [4.69, 9.17) is 14.2 Å². The average molecular weight is 825 g/mol. The van der Waals surface area contributed by atoms with Crippen molar-refractivity contribution in [2.75, 3.05) is 13.2 Å². The van der Waals surface area contributed by atoms with Crippen LogP contribution in [0.4, 0.5) is 0 Å². The minimum atomic E-state index is -0.772. The van der Waals surface area contributed by atoms with Gasteiger partial charge >= 0.3 is 17.9 Å². The van der Waals surface area contributed by atoms with E-state index in [1.807, 2.05) is 0 Å². The van der Waals surface area contributed by atoms with Gasteiger partial charge in [0.1, 0.15) is 13.2 Å². The van der Waals surface area contributed by atoms with Crippen LogP contribution in [-0.2, 0) is 28.6 Å². The number of rotatable bonds is 44. The summed E-state index contributed by atoms with van der Waals surface area (Å²) in [7, 11) is 0. The summed E-state index contributed by atoms with van der Waals surface area (Å²) < 4.78 is 16.6. The zero-order chi connectivity index (χ0) is 43.0. The van der Waals surface area contributed by atoms with Crippen molar-refractivity contribution in [1.82, 2.24) is 0 Å². The number of carbonyl (C=O) groups is 3. The molecule has 1 unspecified atom stereocenters. The highest BCUT2D eigenvalue weighted by molar-refractivity contribution is 5.71. The fourth-order valence-electron chi connectivity index (χ4n) is 6.77. The molecule has 1 atom stereocenters. The third-order valence-corrected chi connectivity index (χ3v) is 10.5. The number of ether oxygens (including phenoxy) is 3. The summed E-state index contributed by atoms with van der Waals surface area (Å²) in [6, 6.07) is 0. The van der Waals surface area contributed by atoms with Gasteiger partial charge in [-0.3, -0.25) is 14.4 Å². The molecule has 6 heteroatoms. The van der Waals surface area contributed by atoms with E-state index in [-0.39, 0.29) is 31.1 Å². The molecular weight excluding hydrogens is 733 g/mol. The Balaban J connectivity index is 4.06. The van der Waals surface area contributed by atoms with Gasteiger partial charge in [-0.05, 0) is 77.0 Å². The maximum absolute atomic E-state index is 12.7. The van der Waals surface area contributed by atoms with Crippen molar-refractivity contribution >= 4 is 17.9 Å². The van der Waals surface area contributed by atoms with Crippen LogP contribution in [0.3, 0.4) is 0 Å². The molecule has 0 saturated carbocycles. The summed E-state index contributed by atoms with van der Waals surface area (Å²) in [6.07, 6.45) is 58.2. The molecule has 0 bridgehead atoms. The molecule has 0 fully saturated rings. The Bertz CT molecular complexity index is 1090. The fourth-order valence-corrected chi connectivity index (χ4v) is 6.77. The van der Waals surface area contributed by atoms with E-state index in [0.29, 0.717) is 19.3 Å². The molecule has 0 aromatic heterocycles. The first-order valence-electron chi connectivity index (χ1n) is 24.8. The van der Waals surface area contributed by atoms with E-state index in [0.717, 1.165) is 103 Å².